The van der Waals surface area contributed by atoms with Crippen molar-refractivity contribution in [3.63, 3.8) is 0 Å². The van der Waals surface area contributed by atoms with Gasteiger partial charge >= 0.3 is 0 Å². The van der Waals surface area contributed by atoms with E-state index in [1.165, 1.54) is 34.4 Å². The minimum atomic E-state index is -0.372. The number of carbonyl (C=O) groups excluding carboxylic acids is 2. The van der Waals surface area contributed by atoms with Crippen molar-refractivity contribution < 1.29 is 14.7 Å². The molecule has 2 aromatic carbocycles. The number of hydrogen-bond donors (Lipinski definition) is 2. The molecule has 28 heavy (non-hydrogen) atoms. The molecule has 0 spiro atoms. The number of carbonyl (C=O) groups is 2. The van der Waals surface area contributed by atoms with Crippen LogP contribution in [0.2, 0.25) is 0 Å². The Bertz CT molecular complexity index is 976. The second-order valence-corrected chi connectivity index (χ2v) is 6.90. The maximum atomic E-state index is 12.9. The Hall–Kier alpha value is -3.34. The molecule has 1 aliphatic rings. The molecule has 0 aliphatic carbocycles. The van der Waals surface area contributed by atoms with Crippen LogP contribution in [0.1, 0.15) is 33.5 Å². The van der Waals surface area contributed by atoms with Gasteiger partial charge in [-0.25, -0.2) is 0 Å². The Morgan fingerprint density at radius 3 is 2.68 bits per heavy atom. The fraction of sp³-hybridized carbons (Fsp3) is 0.217. The van der Waals surface area contributed by atoms with Crippen LogP contribution in [0.3, 0.4) is 0 Å². The van der Waals surface area contributed by atoms with Gasteiger partial charge in [0.05, 0.1) is 5.56 Å². The zero-order valence-electron chi connectivity index (χ0n) is 16.2. The first-order valence-electron chi connectivity index (χ1n) is 9.22. The SMILES string of the molecule is C=CC(=O)Nc1ccc(O)c(C(=O)N2CC=C(c3cccc(C)c3C)CC2)c1. The average molecular weight is 376 g/mol. The van der Waals surface area contributed by atoms with Crippen LogP contribution in [-0.2, 0) is 4.79 Å². The maximum absolute atomic E-state index is 12.9. The van der Waals surface area contributed by atoms with Gasteiger partial charge in [0.1, 0.15) is 5.75 Å². The largest absolute Gasteiger partial charge is 0.507 e. The number of amides is 2. The lowest BCUT2D eigenvalue weighted by Gasteiger charge is -2.28. The van der Waals surface area contributed by atoms with Crippen LogP contribution in [0.25, 0.3) is 5.57 Å². The Labute approximate surface area is 165 Å². The van der Waals surface area contributed by atoms with Crippen LogP contribution in [0.5, 0.6) is 5.75 Å². The summed E-state index contributed by atoms with van der Waals surface area (Å²) in [7, 11) is 0. The molecule has 0 unspecified atom stereocenters. The Balaban J connectivity index is 1.79. The van der Waals surface area contributed by atoms with Gasteiger partial charge in [-0.1, -0.05) is 30.9 Å². The molecule has 0 atom stereocenters. The zero-order valence-corrected chi connectivity index (χ0v) is 16.2. The normalized spacial score (nSPS) is 13.6. The second-order valence-electron chi connectivity index (χ2n) is 6.90. The van der Waals surface area contributed by atoms with Gasteiger partial charge in [0, 0.05) is 18.8 Å². The molecule has 0 fully saturated rings. The number of phenolic OH excluding ortho intramolecular Hbond substituents is 1. The van der Waals surface area contributed by atoms with E-state index < -0.39 is 0 Å². The van der Waals surface area contributed by atoms with Crippen molar-refractivity contribution in [1.29, 1.82) is 0 Å². The molecule has 2 amide bonds. The van der Waals surface area contributed by atoms with E-state index in [2.05, 4.69) is 50.0 Å². The monoisotopic (exact) mass is 376 g/mol. The second kappa shape index (κ2) is 8.13. The smallest absolute Gasteiger partial charge is 0.257 e. The van der Waals surface area contributed by atoms with Crippen molar-refractivity contribution in [2.45, 2.75) is 20.3 Å². The maximum Gasteiger partial charge on any atom is 0.257 e. The van der Waals surface area contributed by atoms with Crippen molar-refractivity contribution in [2.75, 3.05) is 18.4 Å². The number of phenols is 1. The number of nitrogens with zero attached hydrogens (tertiary/aromatic N) is 1. The first kappa shape index (κ1) is 19.4. The fourth-order valence-corrected chi connectivity index (χ4v) is 3.35. The van der Waals surface area contributed by atoms with Gasteiger partial charge < -0.3 is 15.3 Å². The molecule has 5 nitrogen and oxygen atoms in total. The summed E-state index contributed by atoms with van der Waals surface area (Å²) in [5.41, 5.74) is 5.59. The van der Waals surface area contributed by atoms with Crippen molar-refractivity contribution in [3.05, 3.63) is 77.4 Å². The first-order chi connectivity index (χ1) is 13.4. The lowest BCUT2D eigenvalue weighted by molar-refractivity contribution is -0.111. The minimum absolute atomic E-state index is 0.106. The highest BCUT2D eigenvalue weighted by molar-refractivity contribution is 6.02. The van der Waals surface area contributed by atoms with E-state index >= 15 is 0 Å². The third-order valence-electron chi connectivity index (χ3n) is 5.13. The minimum Gasteiger partial charge on any atom is -0.507 e. The van der Waals surface area contributed by atoms with Gasteiger partial charge in [-0.05, 0) is 66.8 Å². The fourth-order valence-electron chi connectivity index (χ4n) is 3.35. The molecule has 1 heterocycles. The van der Waals surface area contributed by atoms with Crippen LogP contribution in [-0.4, -0.2) is 34.9 Å². The highest BCUT2D eigenvalue weighted by Crippen LogP contribution is 2.29. The number of nitrogens with one attached hydrogen (secondary N) is 1. The van der Waals surface area contributed by atoms with Gasteiger partial charge in [-0.3, -0.25) is 9.59 Å². The molecular formula is C23H24N2O3. The quantitative estimate of drug-likeness (QED) is 0.624. The summed E-state index contributed by atoms with van der Waals surface area (Å²) in [6, 6.07) is 10.7. The van der Waals surface area contributed by atoms with Gasteiger partial charge in [0.15, 0.2) is 0 Å². The standard InChI is InChI=1S/C23H24N2O3/c1-4-22(27)24-18-8-9-21(26)20(14-18)23(28)25-12-10-17(11-13-25)19-7-5-6-15(2)16(19)3/h4-10,14,26H,1,11-13H2,2-3H3,(H,24,27). The van der Waals surface area contributed by atoms with Crippen molar-refractivity contribution in [2.24, 2.45) is 0 Å². The third kappa shape index (κ3) is 3.98. The summed E-state index contributed by atoms with van der Waals surface area (Å²) in [4.78, 5) is 26.1. The molecule has 144 valence electrons. The molecule has 0 aromatic heterocycles. The van der Waals surface area contributed by atoms with Gasteiger partial charge in [-0.15, -0.1) is 0 Å². The van der Waals surface area contributed by atoms with Crippen molar-refractivity contribution in [1.82, 2.24) is 4.90 Å². The number of benzene rings is 2. The lowest BCUT2D eigenvalue weighted by Crippen LogP contribution is -2.34. The number of hydrogen-bond acceptors (Lipinski definition) is 3. The van der Waals surface area contributed by atoms with Crippen LogP contribution >= 0.6 is 0 Å². The van der Waals surface area contributed by atoms with E-state index in [1.54, 1.807) is 11.0 Å². The Morgan fingerprint density at radius 2 is 2.00 bits per heavy atom. The molecule has 0 radical (unpaired) electrons. The molecule has 0 saturated heterocycles. The molecule has 2 N–H and O–H groups in total. The van der Waals surface area contributed by atoms with Crippen LogP contribution < -0.4 is 5.32 Å². The highest BCUT2D eigenvalue weighted by atomic mass is 16.3. The van der Waals surface area contributed by atoms with Crippen molar-refractivity contribution >= 4 is 23.1 Å². The zero-order chi connectivity index (χ0) is 20.3. The molecule has 2 aromatic rings. The molecule has 0 bridgehead atoms. The summed E-state index contributed by atoms with van der Waals surface area (Å²) >= 11 is 0. The van der Waals surface area contributed by atoms with Crippen molar-refractivity contribution in [3.8, 4) is 5.75 Å². The van der Waals surface area contributed by atoms with Crippen LogP contribution in [0, 0.1) is 13.8 Å². The number of rotatable bonds is 4. The van der Waals surface area contributed by atoms with Gasteiger partial charge in [0.25, 0.3) is 5.91 Å². The predicted molar refractivity (Wildman–Crippen MR) is 111 cm³/mol. The van der Waals surface area contributed by atoms with E-state index in [4.69, 9.17) is 0 Å². The number of aryl methyl sites for hydroxylation is 1. The van der Waals surface area contributed by atoms with Crippen LogP contribution in [0.15, 0.2) is 55.1 Å². The topological polar surface area (TPSA) is 69.6 Å². The Morgan fingerprint density at radius 1 is 1.21 bits per heavy atom. The van der Waals surface area contributed by atoms with Gasteiger partial charge in [-0.2, -0.15) is 0 Å². The summed E-state index contributed by atoms with van der Waals surface area (Å²) < 4.78 is 0. The summed E-state index contributed by atoms with van der Waals surface area (Å²) in [6.45, 7) is 8.66. The molecule has 1 aliphatic heterocycles. The van der Waals surface area contributed by atoms with E-state index in [1.807, 2.05) is 0 Å². The number of anilines is 1. The third-order valence-corrected chi connectivity index (χ3v) is 5.13. The molecule has 5 heteroatoms. The van der Waals surface area contributed by atoms with Gasteiger partial charge in [0.2, 0.25) is 5.91 Å². The first-order valence-corrected chi connectivity index (χ1v) is 9.22. The Kier molecular flexibility index (Phi) is 5.64. The average Bonchev–Trinajstić information content (AvgIpc) is 2.71. The summed E-state index contributed by atoms with van der Waals surface area (Å²) in [5, 5.41) is 12.7. The van der Waals surface area contributed by atoms with E-state index in [0.717, 1.165) is 12.5 Å². The predicted octanol–water partition coefficient (Wildman–Crippen LogP) is 4.06. The summed E-state index contributed by atoms with van der Waals surface area (Å²) in [6.07, 6.45) is 3.98. The van der Waals surface area contributed by atoms with E-state index in [-0.39, 0.29) is 23.1 Å². The van der Waals surface area contributed by atoms with Crippen LogP contribution in [0.4, 0.5) is 5.69 Å². The highest BCUT2D eigenvalue weighted by Gasteiger charge is 2.22. The molecule has 0 saturated carbocycles. The summed E-state index contributed by atoms with van der Waals surface area (Å²) in [5.74, 6) is -0.738. The lowest BCUT2D eigenvalue weighted by atomic mass is 9.93. The van der Waals surface area contributed by atoms with E-state index in [9.17, 15) is 14.7 Å². The molecule has 3 rings (SSSR count). The number of aromatic hydroxyl groups is 1. The molecular weight excluding hydrogens is 352 g/mol. The van der Waals surface area contributed by atoms with E-state index in [0.29, 0.717) is 18.8 Å².